The van der Waals surface area contributed by atoms with Gasteiger partial charge in [-0.25, -0.2) is 0 Å². The summed E-state index contributed by atoms with van der Waals surface area (Å²) in [5.74, 6) is 2.73. The fourth-order valence-electron chi connectivity index (χ4n) is 5.24. The first-order chi connectivity index (χ1) is 14.1. The van der Waals surface area contributed by atoms with Gasteiger partial charge in [-0.2, -0.15) is 0 Å². The SMILES string of the molecule is CC1CCC([I-]C2CCC([I-]C3CCC(CC4CC=C(I)CC4)CO3)OC2)CC1. The number of hydrogen-bond acceptors (Lipinski definition) is 2. The van der Waals surface area contributed by atoms with Crippen LogP contribution < -0.4 is 42.4 Å². The minimum absolute atomic E-state index is 0.0474. The summed E-state index contributed by atoms with van der Waals surface area (Å²) >= 11 is 2.91. The molecule has 2 aliphatic carbocycles. The van der Waals surface area contributed by atoms with Gasteiger partial charge in [0.05, 0.1) is 0 Å². The van der Waals surface area contributed by atoms with E-state index in [4.69, 9.17) is 9.47 Å². The standard InChI is InChI=1S/C24H39I3O2/c1-17-2-9-21(10-3-17)26-22-11-13-24(29-16-22)27-23-12-6-19(15-28-23)14-18-4-7-20(25)8-5-18/h7,17-19,21-24H,2-6,8-16H2,1H3/q-2. The van der Waals surface area contributed by atoms with Gasteiger partial charge in [0.2, 0.25) is 0 Å². The van der Waals surface area contributed by atoms with E-state index < -0.39 is 0 Å². The molecule has 0 aromatic rings. The molecule has 5 unspecified atom stereocenters. The predicted molar refractivity (Wildman–Crippen MR) is 121 cm³/mol. The second kappa shape index (κ2) is 12.4. The van der Waals surface area contributed by atoms with Crippen molar-refractivity contribution in [2.75, 3.05) is 13.2 Å². The molecule has 5 heteroatoms. The maximum atomic E-state index is 6.40. The zero-order valence-corrected chi connectivity index (χ0v) is 24.4. The first kappa shape index (κ1) is 24.0. The molecule has 2 aliphatic heterocycles. The maximum absolute atomic E-state index is 6.40. The number of ether oxygens (including phenoxy) is 2. The summed E-state index contributed by atoms with van der Waals surface area (Å²) in [6.45, 7) is 4.56. The van der Waals surface area contributed by atoms with Gasteiger partial charge in [-0.3, -0.25) is 0 Å². The Morgan fingerprint density at radius 1 is 0.828 bits per heavy atom. The van der Waals surface area contributed by atoms with Crippen molar-refractivity contribution < 1.29 is 51.9 Å². The fraction of sp³-hybridized carbons (Fsp3) is 0.917. The molecule has 1 saturated carbocycles. The van der Waals surface area contributed by atoms with Gasteiger partial charge in [0.15, 0.2) is 0 Å². The quantitative estimate of drug-likeness (QED) is 0.293. The molecule has 4 rings (SSSR count). The van der Waals surface area contributed by atoms with Crippen LogP contribution in [0, 0.1) is 17.8 Å². The first-order valence-corrected chi connectivity index (χ1v) is 18.0. The van der Waals surface area contributed by atoms with Crippen LogP contribution in [0.4, 0.5) is 0 Å². The van der Waals surface area contributed by atoms with Crippen molar-refractivity contribution >= 4 is 22.6 Å². The van der Waals surface area contributed by atoms with E-state index in [9.17, 15) is 0 Å². The van der Waals surface area contributed by atoms with E-state index in [-0.39, 0.29) is 21.2 Å². The molecule has 3 fully saturated rings. The van der Waals surface area contributed by atoms with Crippen LogP contribution in [0.15, 0.2) is 9.66 Å². The molecule has 0 aromatic carbocycles. The van der Waals surface area contributed by atoms with Gasteiger partial charge in [0.1, 0.15) is 0 Å². The van der Waals surface area contributed by atoms with Gasteiger partial charge < -0.3 is 0 Å². The second-order valence-corrected chi connectivity index (χ2v) is 18.9. The second-order valence-electron chi connectivity index (χ2n) is 9.74. The van der Waals surface area contributed by atoms with Gasteiger partial charge >= 0.3 is 215 Å². The van der Waals surface area contributed by atoms with E-state index in [0.717, 1.165) is 38.8 Å². The van der Waals surface area contributed by atoms with E-state index in [1.165, 1.54) is 77.0 Å². The Kier molecular flexibility index (Phi) is 10.2. The van der Waals surface area contributed by atoms with E-state index >= 15 is 0 Å². The fourth-order valence-corrected chi connectivity index (χ4v) is 13.0. The molecular formula is C24H39I3O2-2. The van der Waals surface area contributed by atoms with Gasteiger partial charge in [-0.05, 0) is 0 Å². The van der Waals surface area contributed by atoms with Crippen molar-refractivity contribution in [3.05, 3.63) is 9.66 Å². The van der Waals surface area contributed by atoms with Crippen molar-refractivity contribution in [1.29, 1.82) is 0 Å². The third-order valence-corrected chi connectivity index (χ3v) is 16.0. The molecule has 2 saturated heterocycles. The van der Waals surface area contributed by atoms with Crippen molar-refractivity contribution in [1.82, 2.24) is 0 Å². The third kappa shape index (κ3) is 7.98. The van der Waals surface area contributed by atoms with Crippen LogP contribution in [0.3, 0.4) is 0 Å². The Hall–Kier alpha value is 1.85. The van der Waals surface area contributed by atoms with Crippen molar-refractivity contribution in [2.45, 2.75) is 100 Å². The minimum atomic E-state index is 0.0474. The summed E-state index contributed by atoms with van der Waals surface area (Å²) in [5, 5.41) is 0. The third-order valence-electron chi connectivity index (χ3n) is 7.19. The van der Waals surface area contributed by atoms with Crippen LogP contribution in [0.25, 0.3) is 0 Å². The molecule has 2 heterocycles. The average Bonchev–Trinajstić information content (AvgIpc) is 2.74. The first-order valence-electron chi connectivity index (χ1n) is 12.0. The summed E-state index contributed by atoms with van der Waals surface area (Å²) in [7, 11) is 0. The van der Waals surface area contributed by atoms with Crippen LogP contribution in [0.5, 0.6) is 0 Å². The van der Waals surface area contributed by atoms with Crippen molar-refractivity contribution in [3.63, 3.8) is 0 Å². The van der Waals surface area contributed by atoms with Crippen LogP contribution in [-0.4, -0.2) is 29.3 Å². The summed E-state index contributed by atoms with van der Waals surface area (Å²) in [6, 6.07) is 0. The van der Waals surface area contributed by atoms with Crippen LogP contribution in [0.2, 0.25) is 0 Å². The number of alkyl halides is 4. The monoisotopic (exact) mass is 740 g/mol. The number of halogens is 3. The van der Waals surface area contributed by atoms with Crippen molar-refractivity contribution in [2.24, 2.45) is 17.8 Å². The van der Waals surface area contributed by atoms with Gasteiger partial charge in [0.25, 0.3) is 0 Å². The van der Waals surface area contributed by atoms with E-state index in [0.29, 0.717) is 29.4 Å². The Bertz CT molecular complexity index is 516. The van der Waals surface area contributed by atoms with Gasteiger partial charge in [-0.1, -0.05) is 0 Å². The zero-order chi connectivity index (χ0) is 20.1. The summed E-state index contributed by atoms with van der Waals surface area (Å²) in [6.07, 6.45) is 19.4. The van der Waals surface area contributed by atoms with Crippen LogP contribution in [0.1, 0.15) is 84.0 Å². The predicted octanol–water partition coefficient (Wildman–Crippen LogP) is 0.510. The van der Waals surface area contributed by atoms with Crippen molar-refractivity contribution in [3.8, 4) is 0 Å². The number of rotatable bonds is 6. The Balaban J connectivity index is 1.09. The molecule has 4 aliphatic rings. The molecule has 2 nitrogen and oxygen atoms in total. The summed E-state index contributed by atoms with van der Waals surface area (Å²) < 4.78 is 17.6. The normalized spacial score (nSPS) is 42.0. The molecule has 0 spiro atoms. The number of allylic oxidation sites excluding steroid dienone is 2. The van der Waals surface area contributed by atoms with E-state index in [2.05, 4.69) is 35.6 Å². The van der Waals surface area contributed by atoms with Gasteiger partial charge in [-0.15, -0.1) is 0 Å². The molecule has 0 radical (unpaired) electrons. The molecule has 29 heavy (non-hydrogen) atoms. The molecule has 5 atom stereocenters. The van der Waals surface area contributed by atoms with Gasteiger partial charge in [0, 0.05) is 0 Å². The average molecular weight is 740 g/mol. The molecule has 0 bridgehead atoms. The Labute approximate surface area is 213 Å². The van der Waals surface area contributed by atoms with Crippen LogP contribution >= 0.6 is 22.6 Å². The van der Waals surface area contributed by atoms with E-state index in [1.807, 2.05) is 0 Å². The van der Waals surface area contributed by atoms with E-state index in [1.54, 1.807) is 3.58 Å². The number of hydrogen-bond donors (Lipinski definition) is 0. The summed E-state index contributed by atoms with van der Waals surface area (Å²) in [5.41, 5.74) is 0. The Morgan fingerprint density at radius 3 is 2.17 bits per heavy atom. The molecule has 0 amide bonds. The molecular weight excluding hydrogens is 701 g/mol. The Morgan fingerprint density at radius 2 is 1.55 bits per heavy atom. The summed E-state index contributed by atoms with van der Waals surface area (Å²) in [4.78, 5) is 0. The molecule has 170 valence electrons. The topological polar surface area (TPSA) is 18.5 Å². The molecule has 0 N–H and O–H groups in total. The molecule has 0 aromatic heterocycles. The zero-order valence-electron chi connectivity index (χ0n) is 18.0. The van der Waals surface area contributed by atoms with Crippen LogP contribution in [-0.2, 0) is 9.47 Å².